The minimum Gasteiger partial charge on any atom is -0.353 e. The Bertz CT molecular complexity index is 219. The molecule has 0 unspecified atom stereocenters. The van der Waals surface area contributed by atoms with Crippen molar-refractivity contribution in [1.82, 2.24) is 21.3 Å². The quantitative estimate of drug-likeness (QED) is 0.380. The molecule has 0 heterocycles. The van der Waals surface area contributed by atoms with E-state index in [9.17, 15) is 9.59 Å². The van der Waals surface area contributed by atoms with Crippen LogP contribution in [-0.4, -0.2) is 51.1 Å². The molecule has 0 saturated heterocycles. The molecule has 0 saturated carbocycles. The average molecular weight is 230 g/mol. The molecule has 0 aromatic heterocycles. The van der Waals surface area contributed by atoms with Crippen LogP contribution in [-0.2, 0) is 9.59 Å². The highest BCUT2D eigenvalue weighted by Crippen LogP contribution is 1.74. The van der Waals surface area contributed by atoms with Gasteiger partial charge in [-0.2, -0.15) is 0 Å². The zero-order valence-electron chi connectivity index (χ0n) is 10.2. The van der Waals surface area contributed by atoms with E-state index in [1.54, 1.807) is 7.05 Å². The van der Waals surface area contributed by atoms with Gasteiger partial charge in [-0.25, -0.2) is 0 Å². The zero-order valence-corrected chi connectivity index (χ0v) is 10.2. The Morgan fingerprint density at radius 1 is 1.00 bits per heavy atom. The van der Waals surface area contributed by atoms with Gasteiger partial charge in [-0.05, 0) is 7.05 Å². The summed E-state index contributed by atoms with van der Waals surface area (Å²) in [7, 11) is 1.71. The molecule has 0 radical (unpaired) electrons. The monoisotopic (exact) mass is 230 g/mol. The average Bonchev–Trinajstić information content (AvgIpc) is 2.22. The molecule has 0 aliphatic carbocycles. The van der Waals surface area contributed by atoms with Crippen LogP contribution in [0.5, 0.6) is 0 Å². The van der Waals surface area contributed by atoms with E-state index in [-0.39, 0.29) is 11.8 Å². The summed E-state index contributed by atoms with van der Waals surface area (Å²) >= 11 is 0. The van der Waals surface area contributed by atoms with Gasteiger partial charge in [0.05, 0.1) is 13.1 Å². The van der Waals surface area contributed by atoms with Crippen molar-refractivity contribution in [2.45, 2.75) is 19.9 Å². The molecule has 0 atom stereocenters. The van der Waals surface area contributed by atoms with Gasteiger partial charge in [0, 0.05) is 19.1 Å². The molecule has 94 valence electrons. The molecule has 0 fully saturated rings. The fraction of sp³-hybridized carbons (Fsp3) is 0.800. The molecule has 0 rings (SSSR count). The van der Waals surface area contributed by atoms with E-state index in [0.717, 1.165) is 0 Å². The van der Waals surface area contributed by atoms with E-state index in [0.29, 0.717) is 32.2 Å². The van der Waals surface area contributed by atoms with Gasteiger partial charge in [0.15, 0.2) is 0 Å². The Kier molecular flexibility index (Phi) is 8.46. The van der Waals surface area contributed by atoms with Gasteiger partial charge < -0.3 is 21.3 Å². The van der Waals surface area contributed by atoms with E-state index in [2.05, 4.69) is 21.3 Å². The van der Waals surface area contributed by atoms with Crippen LogP contribution >= 0.6 is 0 Å². The van der Waals surface area contributed by atoms with Crippen molar-refractivity contribution in [3.63, 3.8) is 0 Å². The molecular weight excluding hydrogens is 208 g/mol. The first kappa shape index (κ1) is 14.9. The van der Waals surface area contributed by atoms with Crippen LogP contribution < -0.4 is 21.3 Å². The third-order valence-corrected chi connectivity index (χ3v) is 1.78. The highest BCUT2D eigenvalue weighted by Gasteiger charge is 2.01. The van der Waals surface area contributed by atoms with Crippen LogP contribution in [0.15, 0.2) is 0 Å². The lowest BCUT2D eigenvalue weighted by atomic mass is 10.4. The maximum Gasteiger partial charge on any atom is 0.234 e. The highest BCUT2D eigenvalue weighted by molar-refractivity contribution is 5.79. The molecule has 0 aromatic carbocycles. The number of hydrogen-bond acceptors (Lipinski definition) is 4. The SMILES string of the molecule is CNCC(=O)NCCNC(=O)CNC(C)C. The summed E-state index contributed by atoms with van der Waals surface area (Å²) in [5, 5.41) is 11.1. The summed E-state index contributed by atoms with van der Waals surface area (Å²) < 4.78 is 0. The molecule has 0 bridgehead atoms. The Balaban J connectivity index is 3.37. The molecular formula is C10H22N4O2. The van der Waals surface area contributed by atoms with Crippen LogP contribution in [0.2, 0.25) is 0 Å². The summed E-state index contributed by atoms with van der Waals surface area (Å²) in [6.45, 7) is 5.46. The third-order valence-electron chi connectivity index (χ3n) is 1.78. The number of nitrogens with one attached hydrogen (secondary N) is 4. The lowest BCUT2D eigenvalue weighted by Gasteiger charge is -2.09. The van der Waals surface area contributed by atoms with Crippen molar-refractivity contribution < 1.29 is 9.59 Å². The lowest BCUT2D eigenvalue weighted by molar-refractivity contribution is -0.122. The molecule has 0 spiro atoms. The number of rotatable bonds is 8. The maximum atomic E-state index is 11.2. The molecule has 0 aromatic rings. The Morgan fingerprint density at radius 2 is 1.50 bits per heavy atom. The maximum absolute atomic E-state index is 11.2. The number of amides is 2. The van der Waals surface area contributed by atoms with Crippen molar-refractivity contribution in [2.24, 2.45) is 0 Å². The van der Waals surface area contributed by atoms with Gasteiger partial charge in [0.1, 0.15) is 0 Å². The van der Waals surface area contributed by atoms with Crippen LogP contribution in [0.1, 0.15) is 13.8 Å². The Hall–Kier alpha value is -1.14. The molecule has 0 aliphatic rings. The largest absolute Gasteiger partial charge is 0.353 e. The van der Waals surface area contributed by atoms with Gasteiger partial charge in [0.25, 0.3) is 0 Å². The molecule has 2 amide bonds. The Morgan fingerprint density at radius 3 is 1.94 bits per heavy atom. The number of carbonyl (C=O) groups is 2. The third kappa shape index (κ3) is 9.42. The highest BCUT2D eigenvalue weighted by atomic mass is 16.2. The van der Waals surface area contributed by atoms with Crippen LogP contribution in [0.25, 0.3) is 0 Å². The normalized spacial score (nSPS) is 10.2. The Labute approximate surface area is 96.5 Å². The van der Waals surface area contributed by atoms with E-state index in [1.807, 2.05) is 13.8 Å². The van der Waals surface area contributed by atoms with Gasteiger partial charge in [-0.15, -0.1) is 0 Å². The minimum absolute atomic E-state index is 0.0587. The van der Waals surface area contributed by atoms with Gasteiger partial charge in [0.2, 0.25) is 11.8 Å². The molecule has 16 heavy (non-hydrogen) atoms. The summed E-state index contributed by atoms with van der Waals surface area (Å²) in [4.78, 5) is 22.2. The van der Waals surface area contributed by atoms with Gasteiger partial charge >= 0.3 is 0 Å². The first-order valence-electron chi connectivity index (χ1n) is 5.47. The smallest absolute Gasteiger partial charge is 0.234 e. The second-order valence-electron chi connectivity index (χ2n) is 3.77. The van der Waals surface area contributed by atoms with Crippen LogP contribution in [0, 0.1) is 0 Å². The van der Waals surface area contributed by atoms with Crippen LogP contribution in [0.4, 0.5) is 0 Å². The van der Waals surface area contributed by atoms with Crippen molar-refractivity contribution in [2.75, 3.05) is 33.2 Å². The molecule has 6 heteroatoms. The number of hydrogen-bond donors (Lipinski definition) is 4. The second kappa shape index (κ2) is 9.11. The van der Waals surface area contributed by atoms with E-state index in [4.69, 9.17) is 0 Å². The van der Waals surface area contributed by atoms with Gasteiger partial charge in [-0.3, -0.25) is 9.59 Å². The predicted octanol–water partition coefficient (Wildman–Crippen LogP) is -1.56. The minimum atomic E-state index is -0.0722. The van der Waals surface area contributed by atoms with Crippen molar-refractivity contribution in [1.29, 1.82) is 0 Å². The second-order valence-corrected chi connectivity index (χ2v) is 3.77. The van der Waals surface area contributed by atoms with Crippen molar-refractivity contribution in [3.05, 3.63) is 0 Å². The molecule has 6 nitrogen and oxygen atoms in total. The standard InChI is InChI=1S/C10H22N4O2/c1-8(2)14-7-10(16)13-5-4-12-9(15)6-11-3/h8,11,14H,4-7H2,1-3H3,(H,12,15)(H,13,16). The summed E-state index contributed by atoms with van der Waals surface area (Å²) in [6, 6.07) is 0.293. The van der Waals surface area contributed by atoms with Gasteiger partial charge in [-0.1, -0.05) is 13.8 Å². The van der Waals surface area contributed by atoms with Crippen molar-refractivity contribution >= 4 is 11.8 Å². The summed E-state index contributed by atoms with van der Waals surface area (Å²) in [6.07, 6.45) is 0. The summed E-state index contributed by atoms with van der Waals surface area (Å²) in [5.74, 6) is -0.131. The van der Waals surface area contributed by atoms with Crippen molar-refractivity contribution in [3.8, 4) is 0 Å². The number of carbonyl (C=O) groups excluding carboxylic acids is 2. The first-order valence-corrected chi connectivity index (χ1v) is 5.47. The van der Waals surface area contributed by atoms with E-state index in [1.165, 1.54) is 0 Å². The fourth-order valence-electron chi connectivity index (χ4n) is 0.986. The lowest BCUT2D eigenvalue weighted by Crippen LogP contribution is -2.41. The molecule has 0 aliphatic heterocycles. The molecule has 4 N–H and O–H groups in total. The van der Waals surface area contributed by atoms with Crippen LogP contribution in [0.3, 0.4) is 0 Å². The zero-order chi connectivity index (χ0) is 12.4. The van der Waals surface area contributed by atoms with E-state index < -0.39 is 0 Å². The number of likely N-dealkylation sites (N-methyl/N-ethyl adjacent to an activating group) is 1. The first-order chi connectivity index (χ1) is 7.56. The predicted molar refractivity (Wildman–Crippen MR) is 63.1 cm³/mol. The summed E-state index contributed by atoms with van der Waals surface area (Å²) in [5.41, 5.74) is 0. The fourth-order valence-corrected chi connectivity index (χ4v) is 0.986. The topological polar surface area (TPSA) is 82.3 Å². The van der Waals surface area contributed by atoms with E-state index >= 15 is 0 Å².